The molecule has 0 fully saturated rings. The van der Waals surface area contributed by atoms with Crippen LogP contribution in [0.1, 0.15) is 84.5 Å². The second kappa shape index (κ2) is 11.7. The normalized spacial score (nSPS) is 14.3. The van der Waals surface area contributed by atoms with Crippen molar-refractivity contribution < 1.29 is 4.79 Å². The monoisotopic (exact) mass is 333 g/mol. The van der Waals surface area contributed by atoms with Crippen LogP contribution in [0.5, 0.6) is 0 Å². The van der Waals surface area contributed by atoms with Crippen LogP contribution in [-0.2, 0) is 4.79 Å². The number of hydrogen-bond donors (Lipinski definition) is 1. The molecule has 2 nitrogen and oxygen atoms in total. The molecule has 1 atom stereocenters. The largest absolute Gasteiger partial charge is 0.369 e. The van der Waals surface area contributed by atoms with Crippen LogP contribution < -0.4 is 5.73 Å². The van der Waals surface area contributed by atoms with Crippen molar-refractivity contribution in [2.24, 2.45) is 11.1 Å². The van der Waals surface area contributed by atoms with Gasteiger partial charge in [0.15, 0.2) is 0 Å². The lowest BCUT2D eigenvalue weighted by Crippen LogP contribution is -2.34. The molecular weight excluding hydrogens is 302 g/mol. The van der Waals surface area contributed by atoms with Crippen molar-refractivity contribution in [1.29, 1.82) is 0 Å². The van der Waals surface area contributed by atoms with Crippen molar-refractivity contribution in [2.75, 3.05) is 5.33 Å². The van der Waals surface area contributed by atoms with Gasteiger partial charge in [0.1, 0.15) is 0 Å². The predicted molar refractivity (Wildman–Crippen MR) is 87.6 cm³/mol. The third-order valence-electron chi connectivity index (χ3n) is 4.04. The van der Waals surface area contributed by atoms with Crippen molar-refractivity contribution in [3.8, 4) is 0 Å². The van der Waals surface area contributed by atoms with Gasteiger partial charge in [-0.2, -0.15) is 0 Å². The number of halogens is 1. The molecule has 0 aromatic heterocycles. The number of carbonyl (C=O) groups is 1. The zero-order valence-electron chi connectivity index (χ0n) is 12.8. The Hall–Kier alpha value is -0.0500. The van der Waals surface area contributed by atoms with Crippen LogP contribution in [0.4, 0.5) is 0 Å². The Bertz CT molecular complexity index is 233. The van der Waals surface area contributed by atoms with E-state index in [-0.39, 0.29) is 11.3 Å². The van der Waals surface area contributed by atoms with Crippen molar-refractivity contribution in [3.63, 3.8) is 0 Å². The fourth-order valence-electron chi connectivity index (χ4n) is 2.48. The summed E-state index contributed by atoms with van der Waals surface area (Å²) in [4.78, 5) is 11.6. The average Bonchev–Trinajstić information content (AvgIpc) is 2.39. The standard InChI is InChI=1S/C16H32BrNO/c1-3-4-5-6-7-8-9-10-12-16(2,15(18)19)13-11-14-17/h3-14H2,1-2H3,(H2,18,19). The second-order valence-corrected chi connectivity index (χ2v) is 6.74. The first-order chi connectivity index (χ1) is 9.06. The predicted octanol–water partition coefficient (Wildman–Crippen LogP) is 5.18. The van der Waals surface area contributed by atoms with Crippen LogP contribution in [0.2, 0.25) is 0 Å². The Morgan fingerprint density at radius 2 is 1.42 bits per heavy atom. The van der Waals surface area contributed by atoms with E-state index in [1.54, 1.807) is 0 Å². The van der Waals surface area contributed by atoms with Crippen LogP contribution >= 0.6 is 15.9 Å². The van der Waals surface area contributed by atoms with Gasteiger partial charge in [-0.1, -0.05) is 81.1 Å². The van der Waals surface area contributed by atoms with Crippen molar-refractivity contribution in [3.05, 3.63) is 0 Å². The Morgan fingerprint density at radius 1 is 0.947 bits per heavy atom. The summed E-state index contributed by atoms with van der Waals surface area (Å²) >= 11 is 3.42. The van der Waals surface area contributed by atoms with E-state index in [2.05, 4.69) is 22.9 Å². The second-order valence-electron chi connectivity index (χ2n) is 5.94. The minimum atomic E-state index is -0.296. The van der Waals surface area contributed by atoms with E-state index in [1.165, 1.54) is 44.9 Å². The van der Waals surface area contributed by atoms with Gasteiger partial charge >= 0.3 is 0 Å². The molecule has 0 aliphatic rings. The van der Waals surface area contributed by atoms with E-state index in [0.29, 0.717) is 0 Å². The molecule has 1 amide bonds. The van der Waals surface area contributed by atoms with E-state index in [4.69, 9.17) is 5.73 Å². The minimum Gasteiger partial charge on any atom is -0.369 e. The van der Waals surface area contributed by atoms with Crippen LogP contribution in [0.3, 0.4) is 0 Å². The molecule has 0 saturated heterocycles. The van der Waals surface area contributed by atoms with Crippen molar-refractivity contribution >= 4 is 21.8 Å². The Kier molecular flexibility index (Phi) is 11.7. The molecule has 0 aromatic rings. The minimum absolute atomic E-state index is 0.128. The number of carbonyl (C=O) groups excluding carboxylic acids is 1. The molecule has 0 radical (unpaired) electrons. The Morgan fingerprint density at radius 3 is 1.89 bits per heavy atom. The quantitative estimate of drug-likeness (QED) is 0.366. The fourth-order valence-corrected chi connectivity index (χ4v) is 2.76. The lowest BCUT2D eigenvalue weighted by molar-refractivity contribution is -0.127. The molecule has 0 heterocycles. The Labute approximate surface area is 128 Å². The lowest BCUT2D eigenvalue weighted by atomic mass is 9.80. The molecule has 0 saturated carbocycles. The van der Waals surface area contributed by atoms with E-state index >= 15 is 0 Å². The molecule has 19 heavy (non-hydrogen) atoms. The number of amides is 1. The zero-order valence-corrected chi connectivity index (χ0v) is 14.4. The van der Waals surface area contributed by atoms with Gasteiger partial charge in [0.25, 0.3) is 0 Å². The summed E-state index contributed by atoms with van der Waals surface area (Å²) < 4.78 is 0. The summed E-state index contributed by atoms with van der Waals surface area (Å²) in [7, 11) is 0. The molecule has 0 spiro atoms. The van der Waals surface area contributed by atoms with E-state index in [1.807, 2.05) is 6.92 Å². The summed E-state index contributed by atoms with van der Waals surface area (Å²) in [6.45, 7) is 4.27. The molecular formula is C16H32BrNO. The highest BCUT2D eigenvalue weighted by Crippen LogP contribution is 2.30. The first kappa shape index (κ1) is 18.9. The highest BCUT2D eigenvalue weighted by Gasteiger charge is 2.29. The molecule has 0 aromatic carbocycles. The topological polar surface area (TPSA) is 43.1 Å². The maximum Gasteiger partial charge on any atom is 0.223 e. The first-order valence-electron chi connectivity index (χ1n) is 7.92. The first-order valence-corrected chi connectivity index (χ1v) is 9.05. The highest BCUT2D eigenvalue weighted by atomic mass is 79.9. The third kappa shape index (κ3) is 9.48. The fraction of sp³-hybridized carbons (Fsp3) is 0.938. The van der Waals surface area contributed by atoms with Gasteiger partial charge in [-0.25, -0.2) is 0 Å². The third-order valence-corrected chi connectivity index (χ3v) is 4.60. The molecule has 0 rings (SSSR count). The number of primary amides is 1. The van der Waals surface area contributed by atoms with Gasteiger partial charge in [0.05, 0.1) is 0 Å². The van der Waals surface area contributed by atoms with Gasteiger partial charge in [-0.3, -0.25) is 4.79 Å². The van der Waals surface area contributed by atoms with Crippen LogP contribution in [0.15, 0.2) is 0 Å². The maximum absolute atomic E-state index is 11.6. The lowest BCUT2D eigenvalue weighted by Gasteiger charge is -2.25. The molecule has 0 aliphatic carbocycles. The summed E-state index contributed by atoms with van der Waals surface area (Å²) in [5, 5.41) is 0.952. The maximum atomic E-state index is 11.6. The molecule has 0 aliphatic heterocycles. The van der Waals surface area contributed by atoms with Gasteiger partial charge in [-0.05, 0) is 19.3 Å². The summed E-state index contributed by atoms with van der Waals surface area (Å²) in [5.41, 5.74) is 5.26. The van der Waals surface area contributed by atoms with Gasteiger partial charge in [0.2, 0.25) is 5.91 Å². The van der Waals surface area contributed by atoms with Crippen LogP contribution in [0, 0.1) is 5.41 Å². The molecule has 3 heteroatoms. The number of nitrogens with two attached hydrogens (primary N) is 1. The molecule has 2 N–H and O–H groups in total. The van der Waals surface area contributed by atoms with Gasteiger partial charge in [0, 0.05) is 10.7 Å². The van der Waals surface area contributed by atoms with E-state index in [9.17, 15) is 4.79 Å². The molecule has 114 valence electrons. The van der Waals surface area contributed by atoms with Crippen molar-refractivity contribution in [2.45, 2.75) is 84.5 Å². The van der Waals surface area contributed by atoms with Gasteiger partial charge < -0.3 is 5.73 Å². The summed E-state index contributed by atoms with van der Waals surface area (Å²) in [6, 6.07) is 0. The zero-order chi connectivity index (χ0) is 14.6. The van der Waals surface area contributed by atoms with Gasteiger partial charge in [-0.15, -0.1) is 0 Å². The van der Waals surface area contributed by atoms with E-state index < -0.39 is 0 Å². The molecule has 0 bridgehead atoms. The smallest absolute Gasteiger partial charge is 0.223 e. The number of rotatable bonds is 13. The summed E-state index contributed by atoms with van der Waals surface area (Å²) in [5.74, 6) is -0.128. The SMILES string of the molecule is CCCCCCCCCCC(C)(CCCBr)C(N)=O. The average molecular weight is 334 g/mol. The number of hydrogen-bond acceptors (Lipinski definition) is 1. The number of alkyl halides is 1. The Balaban J connectivity index is 3.67. The molecule has 1 unspecified atom stereocenters. The van der Waals surface area contributed by atoms with Crippen LogP contribution in [0.25, 0.3) is 0 Å². The van der Waals surface area contributed by atoms with Crippen LogP contribution in [-0.4, -0.2) is 11.2 Å². The highest BCUT2D eigenvalue weighted by molar-refractivity contribution is 9.09. The number of unbranched alkanes of at least 4 members (excludes halogenated alkanes) is 7. The summed E-state index contributed by atoms with van der Waals surface area (Å²) in [6.07, 6.45) is 13.3. The van der Waals surface area contributed by atoms with Crippen molar-refractivity contribution in [1.82, 2.24) is 0 Å². The van der Waals surface area contributed by atoms with E-state index in [0.717, 1.165) is 31.0 Å².